The summed E-state index contributed by atoms with van der Waals surface area (Å²) in [4.78, 5) is 12.8. The molecule has 0 spiro atoms. The first kappa shape index (κ1) is 28.4. The van der Waals surface area contributed by atoms with Gasteiger partial charge < -0.3 is 5.11 Å². The minimum absolute atomic E-state index is 0. The molecule has 0 amide bonds. The minimum Gasteiger partial charge on any atom is 0 e. The zero-order valence-electron chi connectivity index (χ0n) is 17.4. The second-order valence-corrected chi connectivity index (χ2v) is 7.73. The second kappa shape index (κ2) is 13.1. The van der Waals surface area contributed by atoms with E-state index in [1.165, 1.54) is 11.8 Å². The van der Waals surface area contributed by atoms with Gasteiger partial charge >= 0.3 is 33.9 Å². The van der Waals surface area contributed by atoms with Crippen LogP contribution in [0.3, 0.4) is 0 Å². The van der Waals surface area contributed by atoms with Crippen LogP contribution in [-0.2, 0) is 36.1 Å². The molecule has 6 heteroatoms. The van der Waals surface area contributed by atoms with E-state index in [1.807, 2.05) is 30.3 Å². The van der Waals surface area contributed by atoms with Crippen molar-refractivity contribution < 1.29 is 41.2 Å². The van der Waals surface area contributed by atoms with Crippen LogP contribution in [0.4, 0.5) is 0 Å². The van der Waals surface area contributed by atoms with Crippen molar-refractivity contribution in [2.24, 2.45) is 11.8 Å². The first-order chi connectivity index (χ1) is 15.2. The van der Waals surface area contributed by atoms with Crippen LogP contribution >= 0.6 is 0 Å². The van der Waals surface area contributed by atoms with Crippen LogP contribution in [0.25, 0.3) is 5.57 Å². The maximum atomic E-state index is 12.8. The van der Waals surface area contributed by atoms with Gasteiger partial charge in [-0.25, -0.2) is 0 Å². The third-order valence-corrected chi connectivity index (χ3v) is 6.50. The molecule has 162 valence electrons. The Labute approximate surface area is 201 Å². The fourth-order valence-corrected chi connectivity index (χ4v) is 5.46. The number of hydrogen-bond acceptors (Lipinski definition) is 2. The van der Waals surface area contributed by atoms with Crippen LogP contribution in [-0.4, -0.2) is 16.5 Å². The summed E-state index contributed by atoms with van der Waals surface area (Å²) >= 11 is 0. The van der Waals surface area contributed by atoms with Crippen molar-refractivity contribution in [3.05, 3.63) is 98.9 Å². The fraction of sp³-hybridized carbons (Fsp3) is 0.308. The van der Waals surface area contributed by atoms with Crippen LogP contribution in [0.15, 0.2) is 35.9 Å². The first-order valence-corrected chi connectivity index (χ1v) is 9.93. The quantitative estimate of drug-likeness (QED) is 0.503. The predicted molar refractivity (Wildman–Crippen MR) is 109 cm³/mol. The fourth-order valence-electron chi connectivity index (χ4n) is 5.46. The standard InChI is InChI=1S/C23H22O2.3CO.Cr/c24-20-14-17-10-11-19-18-9-5-4-6-15(18)12-13-23(19,25)22(17)21(20)16-7-2-1-3-8-16;3*1-2;/h1-9,17,19,25H,10-14H2;;;;. The molecule has 0 aliphatic heterocycles. The van der Waals surface area contributed by atoms with Crippen molar-refractivity contribution in [3.8, 4) is 0 Å². The normalized spacial score (nSPS) is 28.4. The van der Waals surface area contributed by atoms with E-state index >= 15 is 0 Å². The number of carbonyl (C=O) groups excluding carboxylic acids is 1. The van der Waals surface area contributed by atoms with E-state index in [1.54, 1.807) is 0 Å². The molecule has 3 unspecified atom stereocenters. The molecule has 0 aromatic heterocycles. The Morgan fingerprint density at radius 2 is 1.56 bits per heavy atom. The van der Waals surface area contributed by atoms with Crippen molar-refractivity contribution in [3.63, 3.8) is 0 Å². The predicted octanol–water partition coefficient (Wildman–Crippen LogP) is 3.83. The topological polar surface area (TPSA) is 97.0 Å². The molecule has 3 atom stereocenters. The number of carbonyl (C=O) groups is 1. The van der Waals surface area contributed by atoms with E-state index in [0.717, 1.165) is 42.4 Å². The van der Waals surface area contributed by atoms with Gasteiger partial charge in [0.05, 0.1) is 5.60 Å². The SMILES string of the molecule is O=C1CC2CCC3[C]4[CH][CH][CH][CH][C]4CCC3(O)C2=C1c1ccccc1.[C-]#[O+].[C-]#[O+].[C-]#[O+].[Cr]. The van der Waals surface area contributed by atoms with Crippen molar-refractivity contribution in [1.29, 1.82) is 0 Å². The number of hydrogen-bond donors (Lipinski definition) is 1. The maximum Gasteiger partial charge on any atom is 0 e. The van der Waals surface area contributed by atoms with Crippen molar-refractivity contribution in [2.75, 3.05) is 0 Å². The molecule has 0 heterocycles. The molecule has 3 saturated carbocycles. The number of fused-ring (bicyclic) bond motifs is 5. The molecule has 5 nitrogen and oxygen atoms in total. The molecule has 1 aromatic rings. The van der Waals surface area contributed by atoms with Crippen molar-refractivity contribution in [1.82, 2.24) is 0 Å². The summed E-state index contributed by atoms with van der Waals surface area (Å²) in [5, 5.41) is 11.8. The Morgan fingerprint density at radius 3 is 2.22 bits per heavy atom. The molecular weight excluding hydrogens is 444 g/mol. The van der Waals surface area contributed by atoms with Gasteiger partial charge in [-0.2, -0.15) is 0 Å². The third-order valence-electron chi connectivity index (χ3n) is 6.50. The average Bonchev–Trinajstić information content (AvgIpc) is 3.20. The molecule has 6 radical (unpaired) electrons. The molecule has 32 heavy (non-hydrogen) atoms. The molecular formula is C26H22CrO5. The molecule has 5 rings (SSSR count). The van der Waals surface area contributed by atoms with Crippen LogP contribution < -0.4 is 0 Å². The van der Waals surface area contributed by atoms with Crippen LogP contribution in [0, 0.1) is 69.3 Å². The summed E-state index contributed by atoms with van der Waals surface area (Å²) in [7, 11) is 0. The van der Waals surface area contributed by atoms with E-state index in [2.05, 4.69) is 45.6 Å². The van der Waals surface area contributed by atoms with Crippen LogP contribution in [0.1, 0.15) is 37.7 Å². The molecule has 1 N–H and O–H groups in total. The number of Topliss-reactive ketones (excluding diaryl/α,β-unsaturated/α-hetero) is 1. The smallest absolute Gasteiger partial charge is 0 e. The number of ketones is 1. The summed E-state index contributed by atoms with van der Waals surface area (Å²) < 4.78 is 22.5. The molecule has 1 aromatic carbocycles. The zero-order valence-corrected chi connectivity index (χ0v) is 18.6. The van der Waals surface area contributed by atoms with Crippen LogP contribution in [0.5, 0.6) is 0 Å². The van der Waals surface area contributed by atoms with E-state index in [9.17, 15) is 9.90 Å². The molecule has 3 fully saturated rings. The van der Waals surface area contributed by atoms with Gasteiger partial charge in [-0.3, -0.25) is 4.79 Å². The number of allylic oxidation sites excluding steroid dienone is 1. The van der Waals surface area contributed by atoms with Gasteiger partial charge in [-0.1, -0.05) is 30.3 Å². The minimum atomic E-state index is -0.866. The Kier molecular flexibility index (Phi) is 11.7. The largest absolute Gasteiger partial charge is 0 e. The van der Waals surface area contributed by atoms with E-state index in [-0.39, 0.29) is 35.0 Å². The van der Waals surface area contributed by atoms with Gasteiger partial charge in [0, 0.05) is 29.4 Å². The molecule has 0 saturated heterocycles. The third kappa shape index (κ3) is 5.12. The van der Waals surface area contributed by atoms with Gasteiger partial charge in [0.25, 0.3) is 0 Å². The van der Waals surface area contributed by atoms with Crippen molar-refractivity contribution in [2.45, 2.75) is 37.7 Å². The second-order valence-electron chi connectivity index (χ2n) is 7.73. The zero-order chi connectivity index (χ0) is 23.0. The Morgan fingerprint density at radius 1 is 0.938 bits per heavy atom. The van der Waals surface area contributed by atoms with E-state index in [0.29, 0.717) is 6.42 Å². The van der Waals surface area contributed by atoms with Gasteiger partial charge in [0.2, 0.25) is 0 Å². The Hall–Kier alpha value is -1.66. The first-order valence-electron chi connectivity index (χ1n) is 9.93. The average molecular weight is 466 g/mol. The van der Waals surface area contributed by atoms with E-state index in [4.69, 9.17) is 14.0 Å². The van der Waals surface area contributed by atoms with Gasteiger partial charge in [0.1, 0.15) is 0 Å². The van der Waals surface area contributed by atoms with Gasteiger partial charge in [-0.05, 0) is 86.2 Å². The van der Waals surface area contributed by atoms with E-state index < -0.39 is 5.60 Å². The Bertz CT molecular complexity index is 842. The summed E-state index contributed by atoms with van der Waals surface area (Å²) in [6, 6.07) is 9.94. The number of benzene rings is 1. The summed E-state index contributed by atoms with van der Waals surface area (Å²) in [6.45, 7) is 13.5. The maximum absolute atomic E-state index is 12.8. The van der Waals surface area contributed by atoms with Gasteiger partial charge in [0.15, 0.2) is 5.78 Å². The van der Waals surface area contributed by atoms with Crippen LogP contribution in [0.2, 0.25) is 0 Å². The number of aliphatic hydroxyl groups is 1. The molecule has 0 bridgehead atoms. The van der Waals surface area contributed by atoms with Crippen molar-refractivity contribution >= 4 is 11.4 Å². The number of rotatable bonds is 1. The monoisotopic (exact) mass is 466 g/mol. The van der Waals surface area contributed by atoms with Gasteiger partial charge in [-0.15, -0.1) is 0 Å². The summed E-state index contributed by atoms with van der Waals surface area (Å²) in [5.41, 5.74) is 1.94. The summed E-state index contributed by atoms with van der Waals surface area (Å²) in [5.74, 6) is 3.19. The molecule has 4 aliphatic carbocycles. The Balaban J connectivity index is 0.000000679. The molecule has 4 aliphatic rings. The summed E-state index contributed by atoms with van der Waals surface area (Å²) in [6.07, 6.45) is 12.7.